The number of benzene rings is 2. The number of ether oxygens (including phenoxy) is 2. The average molecular weight is 451 g/mol. The van der Waals surface area contributed by atoms with E-state index in [4.69, 9.17) is 32.8 Å². The molecule has 0 aliphatic carbocycles. The lowest BCUT2D eigenvalue weighted by atomic mass is 10.1. The standard InChI is InChI=1S/C23H26N6O2S/c1-23(32,14-24)29(17-7-18(30-3)10-19(8-17)31-4)16-5-6-20-21(9-16)27-22(12-25-20)15-11-26-28(2)13-15/h5-13,32H,14,24H2,1-4H3. The van der Waals surface area contributed by atoms with E-state index in [2.05, 4.69) is 10.1 Å². The van der Waals surface area contributed by atoms with Crippen LogP contribution in [-0.4, -0.2) is 45.4 Å². The number of nitrogens with two attached hydrogens (primary N) is 1. The van der Waals surface area contributed by atoms with Crippen molar-refractivity contribution in [2.24, 2.45) is 12.8 Å². The van der Waals surface area contributed by atoms with Gasteiger partial charge in [0.25, 0.3) is 0 Å². The van der Waals surface area contributed by atoms with Gasteiger partial charge in [0, 0.05) is 54.9 Å². The Morgan fingerprint density at radius 3 is 2.34 bits per heavy atom. The van der Waals surface area contributed by atoms with Crippen LogP contribution in [0, 0.1) is 0 Å². The lowest BCUT2D eigenvalue weighted by molar-refractivity contribution is 0.394. The highest BCUT2D eigenvalue weighted by atomic mass is 32.1. The van der Waals surface area contributed by atoms with E-state index in [1.165, 1.54) is 0 Å². The molecule has 4 aromatic rings. The second-order valence-corrected chi connectivity index (χ2v) is 8.62. The molecule has 0 spiro atoms. The van der Waals surface area contributed by atoms with Crippen LogP contribution in [0.1, 0.15) is 6.92 Å². The highest BCUT2D eigenvalue weighted by Gasteiger charge is 2.29. The number of aromatic nitrogens is 4. The molecule has 2 heterocycles. The van der Waals surface area contributed by atoms with E-state index in [0.717, 1.165) is 33.7 Å². The van der Waals surface area contributed by atoms with E-state index in [1.807, 2.05) is 61.5 Å². The van der Waals surface area contributed by atoms with Gasteiger partial charge >= 0.3 is 0 Å². The Balaban J connectivity index is 1.86. The van der Waals surface area contributed by atoms with Gasteiger partial charge in [-0.05, 0) is 25.1 Å². The predicted molar refractivity (Wildman–Crippen MR) is 130 cm³/mol. The molecule has 0 fully saturated rings. The zero-order chi connectivity index (χ0) is 22.9. The first kappa shape index (κ1) is 21.9. The van der Waals surface area contributed by atoms with Gasteiger partial charge in [0.2, 0.25) is 0 Å². The minimum Gasteiger partial charge on any atom is -0.497 e. The highest BCUT2D eigenvalue weighted by Crippen LogP contribution is 2.39. The molecule has 0 saturated carbocycles. The summed E-state index contributed by atoms with van der Waals surface area (Å²) in [6, 6.07) is 11.6. The van der Waals surface area contributed by atoms with Crippen LogP contribution in [0.2, 0.25) is 0 Å². The quantitative estimate of drug-likeness (QED) is 0.327. The van der Waals surface area contributed by atoms with Crippen molar-refractivity contribution in [1.82, 2.24) is 19.7 Å². The van der Waals surface area contributed by atoms with Crippen LogP contribution < -0.4 is 20.1 Å². The number of thiol groups is 1. The number of fused-ring (bicyclic) bond motifs is 1. The van der Waals surface area contributed by atoms with Crippen LogP contribution in [-0.2, 0) is 7.05 Å². The van der Waals surface area contributed by atoms with Crippen LogP contribution in [0.3, 0.4) is 0 Å². The molecule has 2 aromatic carbocycles. The minimum atomic E-state index is -0.695. The van der Waals surface area contributed by atoms with Gasteiger partial charge in [-0.2, -0.15) is 5.10 Å². The fourth-order valence-corrected chi connectivity index (χ4v) is 3.78. The molecule has 0 saturated heterocycles. The number of hydrogen-bond donors (Lipinski definition) is 2. The largest absolute Gasteiger partial charge is 0.497 e. The van der Waals surface area contributed by atoms with E-state index in [9.17, 15) is 0 Å². The van der Waals surface area contributed by atoms with Gasteiger partial charge in [0.15, 0.2) is 0 Å². The Bertz CT molecular complexity index is 1230. The van der Waals surface area contributed by atoms with Gasteiger partial charge in [-0.25, -0.2) is 4.98 Å². The Labute approximate surface area is 192 Å². The summed E-state index contributed by atoms with van der Waals surface area (Å²) in [5.41, 5.74) is 11.0. The highest BCUT2D eigenvalue weighted by molar-refractivity contribution is 7.82. The first-order valence-electron chi connectivity index (χ1n) is 10.1. The van der Waals surface area contributed by atoms with Gasteiger partial charge in [-0.1, -0.05) is 0 Å². The number of rotatable bonds is 7. The van der Waals surface area contributed by atoms with Crippen LogP contribution in [0.15, 0.2) is 55.0 Å². The Hall–Kier alpha value is -3.30. The van der Waals surface area contributed by atoms with Crippen molar-refractivity contribution >= 4 is 35.0 Å². The SMILES string of the molecule is COc1cc(OC)cc(N(c2ccc3ncc(-c4cnn(C)c4)nc3c2)C(C)(S)CN)c1. The summed E-state index contributed by atoms with van der Waals surface area (Å²) in [5, 5.41) is 4.23. The van der Waals surface area contributed by atoms with E-state index >= 15 is 0 Å². The minimum absolute atomic E-state index is 0.301. The van der Waals surface area contributed by atoms with Crippen LogP contribution in [0.4, 0.5) is 11.4 Å². The number of aryl methyl sites for hydroxylation is 1. The second-order valence-electron chi connectivity index (χ2n) is 7.66. The molecule has 166 valence electrons. The fraction of sp³-hybridized carbons (Fsp3) is 0.261. The van der Waals surface area contributed by atoms with Gasteiger partial charge in [-0.3, -0.25) is 9.67 Å². The van der Waals surface area contributed by atoms with Crippen molar-refractivity contribution in [2.75, 3.05) is 25.7 Å². The number of methoxy groups -OCH3 is 2. The summed E-state index contributed by atoms with van der Waals surface area (Å²) in [7, 11) is 5.12. The Morgan fingerprint density at radius 2 is 1.75 bits per heavy atom. The first-order chi connectivity index (χ1) is 15.3. The fourth-order valence-electron chi connectivity index (χ4n) is 3.55. The van der Waals surface area contributed by atoms with Crippen molar-refractivity contribution in [1.29, 1.82) is 0 Å². The molecule has 0 radical (unpaired) electrons. The van der Waals surface area contributed by atoms with Crippen molar-refractivity contribution in [3.05, 3.63) is 55.0 Å². The number of anilines is 2. The smallest absolute Gasteiger partial charge is 0.124 e. The molecule has 0 aliphatic rings. The molecule has 2 N–H and O–H groups in total. The summed E-state index contributed by atoms with van der Waals surface area (Å²) in [6.45, 7) is 2.26. The van der Waals surface area contributed by atoms with Crippen LogP contribution in [0.5, 0.6) is 11.5 Å². The zero-order valence-corrected chi connectivity index (χ0v) is 19.4. The average Bonchev–Trinajstić information content (AvgIpc) is 3.24. The molecule has 0 bridgehead atoms. The number of hydrogen-bond acceptors (Lipinski definition) is 8. The monoisotopic (exact) mass is 450 g/mol. The van der Waals surface area contributed by atoms with Crippen LogP contribution in [0.25, 0.3) is 22.3 Å². The van der Waals surface area contributed by atoms with Crippen molar-refractivity contribution in [3.8, 4) is 22.8 Å². The molecular weight excluding hydrogens is 424 g/mol. The van der Waals surface area contributed by atoms with E-state index < -0.39 is 4.87 Å². The predicted octanol–water partition coefficient (Wildman–Crippen LogP) is 3.79. The zero-order valence-electron chi connectivity index (χ0n) is 18.5. The third kappa shape index (κ3) is 4.21. The molecular formula is C23H26N6O2S. The normalized spacial score (nSPS) is 13.1. The summed E-state index contributed by atoms with van der Waals surface area (Å²) in [6.07, 6.45) is 5.44. The molecule has 9 heteroatoms. The summed E-state index contributed by atoms with van der Waals surface area (Å²) < 4.78 is 12.7. The summed E-state index contributed by atoms with van der Waals surface area (Å²) in [5.74, 6) is 1.34. The number of nitrogens with zero attached hydrogens (tertiary/aromatic N) is 5. The van der Waals surface area contributed by atoms with E-state index in [0.29, 0.717) is 18.0 Å². The topological polar surface area (TPSA) is 91.3 Å². The molecule has 0 amide bonds. The maximum absolute atomic E-state index is 6.12. The van der Waals surface area contributed by atoms with Crippen molar-refractivity contribution in [3.63, 3.8) is 0 Å². The second kappa shape index (κ2) is 8.68. The van der Waals surface area contributed by atoms with E-state index in [1.54, 1.807) is 31.3 Å². The van der Waals surface area contributed by atoms with Gasteiger partial charge in [-0.15, -0.1) is 12.6 Å². The molecule has 2 aromatic heterocycles. The van der Waals surface area contributed by atoms with Crippen molar-refractivity contribution < 1.29 is 9.47 Å². The van der Waals surface area contributed by atoms with Gasteiger partial charge < -0.3 is 20.1 Å². The maximum atomic E-state index is 6.12. The maximum Gasteiger partial charge on any atom is 0.124 e. The van der Waals surface area contributed by atoms with Crippen LogP contribution >= 0.6 is 12.6 Å². The molecule has 32 heavy (non-hydrogen) atoms. The third-order valence-electron chi connectivity index (χ3n) is 5.25. The first-order valence-corrected chi connectivity index (χ1v) is 10.5. The summed E-state index contributed by atoms with van der Waals surface area (Å²) >= 11 is 4.88. The molecule has 0 aliphatic heterocycles. The van der Waals surface area contributed by atoms with Gasteiger partial charge in [0.1, 0.15) is 11.5 Å². The molecule has 1 atom stereocenters. The Morgan fingerprint density at radius 1 is 1.03 bits per heavy atom. The van der Waals surface area contributed by atoms with Gasteiger partial charge in [0.05, 0.1) is 48.2 Å². The molecule has 1 unspecified atom stereocenters. The third-order valence-corrected chi connectivity index (χ3v) is 5.63. The lowest BCUT2D eigenvalue weighted by Crippen LogP contribution is -2.44. The van der Waals surface area contributed by atoms with Crippen molar-refractivity contribution in [2.45, 2.75) is 11.8 Å². The lowest BCUT2D eigenvalue weighted by Gasteiger charge is -2.39. The van der Waals surface area contributed by atoms with E-state index in [-0.39, 0.29) is 0 Å². The molecule has 4 rings (SSSR count). The molecule has 8 nitrogen and oxygen atoms in total. The Kier molecular flexibility index (Phi) is 5.94. The summed E-state index contributed by atoms with van der Waals surface area (Å²) in [4.78, 5) is 10.7.